The van der Waals surface area contributed by atoms with Crippen LogP contribution in [0.5, 0.6) is 0 Å². The van der Waals surface area contributed by atoms with Crippen LogP contribution in [0.2, 0.25) is 0 Å². The minimum absolute atomic E-state index is 0.435. The number of thioether (sulfide) groups is 1. The Kier molecular flexibility index (Phi) is 3.98. The molecule has 0 aliphatic carbocycles. The van der Waals surface area contributed by atoms with Gasteiger partial charge in [-0.15, -0.1) is 0 Å². The maximum atomic E-state index is 11.1. The molecule has 0 aromatic rings. The van der Waals surface area contributed by atoms with Gasteiger partial charge in [0.2, 0.25) is 0 Å². The van der Waals surface area contributed by atoms with Crippen LogP contribution in [0.3, 0.4) is 0 Å². The first-order chi connectivity index (χ1) is 5.33. The van der Waals surface area contributed by atoms with Crippen molar-refractivity contribution in [2.45, 2.75) is 44.3 Å². The van der Waals surface area contributed by atoms with E-state index in [0.717, 1.165) is 12.8 Å². The smallest absolute Gasteiger partial charge is 0.133 e. The molecule has 1 fully saturated rings. The van der Waals surface area contributed by atoms with Gasteiger partial charge in [-0.2, -0.15) is 11.8 Å². The van der Waals surface area contributed by atoms with Crippen LogP contribution in [-0.4, -0.2) is 16.8 Å². The third-order valence-electron chi connectivity index (χ3n) is 2.12. The second kappa shape index (κ2) is 4.81. The SMILES string of the molecule is CCC(=O)CC1CCCCS1. The van der Waals surface area contributed by atoms with Crippen molar-refractivity contribution in [3.05, 3.63) is 0 Å². The van der Waals surface area contributed by atoms with Gasteiger partial charge in [0.1, 0.15) is 5.78 Å². The maximum absolute atomic E-state index is 11.1. The highest BCUT2D eigenvalue weighted by molar-refractivity contribution is 7.99. The van der Waals surface area contributed by atoms with Gasteiger partial charge in [-0.1, -0.05) is 13.3 Å². The Morgan fingerprint density at radius 2 is 2.36 bits per heavy atom. The Bertz CT molecular complexity index is 128. The molecule has 0 saturated carbocycles. The molecule has 0 radical (unpaired) electrons. The number of ketones is 1. The van der Waals surface area contributed by atoms with Gasteiger partial charge in [0, 0.05) is 18.1 Å². The summed E-state index contributed by atoms with van der Waals surface area (Å²) in [5.41, 5.74) is 0. The van der Waals surface area contributed by atoms with Crippen LogP contribution in [0, 0.1) is 0 Å². The molecule has 0 aromatic heterocycles. The molecular weight excluding hydrogens is 156 g/mol. The number of rotatable bonds is 3. The van der Waals surface area contributed by atoms with Crippen LogP contribution < -0.4 is 0 Å². The fraction of sp³-hybridized carbons (Fsp3) is 0.889. The third kappa shape index (κ3) is 3.28. The number of carbonyl (C=O) groups is 1. The molecule has 0 spiro atoms. The van der Waals surface area contributed by atoms with E-state index in [1.54, 1.807) is 0 Å². The van der Waals surface area contributed by atoms with E-state index < -0.39 is 0 Å². The lowest BCUT2D eigenvalue weighted by atomic mass is 10.1. The zero-order chi connectivity index (χ0) is 8.10. The van der Waals surface area contributed by atoms with Crippen molar-refractivity contribution in [2.75, 3.05) is 5.75 Å². The lowest BCUT2D eigenvalue weighted by Crippen LogP contribution is -2.13. The Morgan fingerprint density at radius 1 is 1.55 bits per heavy atom. The lowest BCUT2D eigenvalue weighted by molar-refractivity contribution is -0.118. The predicted molar refractivity (Wildman–Crippen MR) is 50.0 cm³/mol. The fourth-order valence-corrected chi connectivity index (χ4v) is 2.71. The van der Waals surface area contributed by atoms with Gasteiger partial charge in [-0.05, 0) is 18.6 Å². The summed E-state index contributed by atoms with van der Waals surface area (Å²) in [5, 5.41) is 0.649. The number of Topliss-reactive ketones (excluding diaryl/α,β-unsaturated/α-hetero) is 1. The summed E-state index contributed by atoms with van der Waals surface area (Å²) in [5.74, 6) is 1.70. The van der Waals surface area contributed by atoms with E-state index >= 15 is 0 Å². The Labute approximate surface area is 72.9 Å². The largest absolute Gasteiger partial charge is 0.300 e. The molecular formula is C9H16OS. The van der Waals surface area contributed by atoms with E-state index in [1.807, 2.05) is 18.7 Å². The third-order valence-corrected chi connectivity index (χ3v) is 3.52. The molecule has 2 heteroatoms. The molecule has 1 nitrogen and oxygen atoms in total. The Morgan fingerprint density at radius 3 is 2.91 bits per heavy atom. The van der Waals surface area contributed by atoms with Gasteiger partial charge < -0.3 is 0 Å². The number of hydrogen-bond donors (Lipinski definition) is 0. The van der Waals surface area contributed by atoms with Crippen LogP contribution >= 0.6 is 11.8 Å². The molecule has 0 aromatic carbocycles. The zero-order valence-corrected chi connectivity index (χ0v) is 7.95. The van der Waals surface area contributed by atoms with E-state index in [4.69, 9.17) is 0 Å². The molecule has 1 aliphatic rings. The lowest BCUT2D eigenvalue weighted by Gasteiger charge is -2.19. The average Bonchev–Trinajstić information content (AvgIpc) is 2.06. The molecule has 1 saturated heterocycles. The molecule has 64 valence electrons. The topological polar surface area (TPSA) is 17.1 Å². The van der Waals surface area contributed by atoms with Gasteiger partial charge in [-0.3, -0.25) is 4.79 Å². The van der Waals surface area contributed by atoms with Gasteiger partial charge >= 0.3 is 0 Å². The van der Waals surface area contributed by atoms with Crippen LogP contribution in [-0.2, 0) is 4.79 Å². The highest BCUT2D eigenvalue weighted by atomic mass is 32.2. The van der Waals surface area contributed by atoms with E-state index in [2.05, 4.69) is 0 Å². The summed E-state index contributed by atoms with van der Waals surface area (Å²) >= 11 is 1.99. The molecule has 1 unspecified atom stereocenters. The first-order valence-electron chi connectivity index (χ1n) is 4.46. The quantitative estimate of drug-likeness (QED) is 0.651. The highest BCUT2D eigenvalue weighted by Crippen LogP contribution is 2.27. The molecule has 1 rings (SSSR count). The van der Waals surface area contributed by atoms with Crippen molar-refractivity contribution in [2.24, 2.45) is 0 Å². The van der Waals surface area contributed by atoms with E-state index in [1.165, 1.54) is 25.0 Å². The summed E-state index contributed by atoms with van der Waals surface area (Å²) < 4.78 is 0. The van der Waals surface area contributed by atoms with Gasteiger partial charge in [0.05, 0.1) is 0 Å². The highest BCUT2D eigenvalue weighted by Gasteiger charge is 2.15. The maximum Gasteiger partial charge on any atom is 0.133 e. The second-order valence-electron chi connectivity index (χ2n) is 3.08. The Balaban J connectivity index is 2.19. The minimum Gasteiger partial charge on any atom is -0.300 e. The summed E-state index contributed by atoms with van der Waals surface area (Å²) in [6.07, 6.45) is 5.48. The first-order valence-corrected chi connectivity index (χ1v) is 5.51. The van der Waals surface area contributed by atoms with E-state index in [9.17, 15) is 4.79 Å². The predicted octanol–water partition coefficient (Wildman–Crippen LogP) is 2.64. The van der Waals surface area contributed by atoms with E-state index in [-0.39, 0.29) is 0 Å². The van der Waals surface area contributed by atoms with Crippen molar-refractivity contribution in [1.29, 1.82) is 0 Å². The van der Waals surface area contributed by atoms with Crippen molar-refractivity contribution < 1.29 is 4.79 Å². The first kappa shape index (κ1) is 9.11. The minimum atomic E-state index is 0.435. The van der Waals surface area contributed by atoms with Crippen molar-refractivity contribution in [3.63, 3.8) is 0 Å². The number of hydrogen-bond acceptors (Lipinski definition) is 2. The van der Waals surface area contributed by atoms with Crippen LogP contribution in [0.4, 0.5) is 0 Å². The monoisotopic (exact) mass is 172 g/mol. The average molecular weight is 172 g/mol. The number of carbonyl (C=O) groups excluding carboxylic acids is 1. The zero-order valence-electron chi connectivity index (χ0n) is 7.14. The summed E-state index contributed by atoms with van der Waals surface area (Å²) in [6.45, 7) is 1.95. The van der Waals surface area contributed by atoms with E-state index in [0.29, 0.717) is 11.0 Å². The van der Waals surface area contributed by atoms with Crippen LogP contribution in [0.15, 0.2) is 0 Å². The van der Waals surface area contributed by atoms with Gasteiger partial charge in [0.25, 0.3) is 0 Å². The molecule has 1 aliphatic heterocycles. The standard InChI is InChI=1S/C9H16OS/c1-2-8(10)7-9-5-3-4-6-11-9/h9H,2-7H2,1H3. The molecule has 0 bridgehead atoms. The normalized spacial score (nSPS) is 25.0. The van der Waals surface area contributed by atoms with Gasteiger partial charge in [-0.25, -0.2) is 0 Å². The summed E-state index contributed by atoms with van der Waals surface area (Å²) in [6, 6.07) is 0. The molecule has 0 amide bonds. The van der Waals surface area contributed by atoms with Crippen molar-refractivity contribution in [1.82, 2.24) is 0 Å². The molecule has 11 heavy (non-hydrogen) atoms. The summed E-state index contributed by atoms with van der Waals surface area (Å²) in [4.78, 5) is 11.1. The van der Waals surface area contributed by atoms with Crippen LogP contribution in [0.1, 0.15) is 39.0 Å². The van der Waals surface area contributed by atoms with Crippen LogP contribution in [0.25, 0.3) is 0 Å². The molecule has 1 atom stereocenters. The summed E-state index contributed by atoms with van der Waals surface area (Å²) in [7, 11) is 0. The fourth-order valence-electron chi connectivity index (χ4n) is 1.37. The molecule has 1 heterocycles. The van der Waals surface area contributed by atoms with Crippen molar-refractivity contribution >= 4 is 17.5 Å². The molecule has 0 N–H and O–H groups in total. The second-order valence-corrected chi connectivity index (χ2v) is 4.49. The van der Waals surface area contributed by atoms with Crippen molar-refractivity contribution in [3.8, 4) is 0 Å². The van der Waals surface area contributed by atoms with Gasteiger partial charge in [0.15, 0.2) is 0 Å². The Hall–Kier alpha value is 0.0200.